The van der Waals surface area contributed by atoms with Gasteiger partial charge in [0.1, 0.15) is 0 Å². The van der Waals surface area contributed by atoms with Gasteiger partial charge in [-0.1, -0.05) is 59.1 Å². The van der Waals surface area contributed by atoms with E-state index < -0.39 is 6.10 Å². The van der Waals surface area contributed by atoms with E-state index in [1.54, 1.807) is 0 Å². The van der Waals surface area contributed by atoms with Crippen molar-refractivity contribution >= 4 is 0 Å². The zero-order chi connectivity index (χ0) is 14.4. The van der Waals surface area contributed by atoms with E-state index in [-0.39, 0.29) is 0 Å². The Bertz CT molecular complexity index is 622. The maximum Gasteiger partial charge on any atom is 0.177 e. The first-order valence-corrected chi connectivity index (χ1v) is 6.48. The second-order valence-electron chi connectivity index (χ2n) is 4.67. The number of rotatable bonds is 0. The second kappa shape index (κ2) is 6.62. The zero-order valence-corrected chi connectivity index (χ0v) is 11.6. The third-order valence-corrected chi connectivity index (χ3v) is 2.81. The fourth-order valence-corrected chi connectivity index (χ4v) is 1.61. The van der Waals surface area contributed by atoms with Crippen molar-refractivity contribution in [2.75, 3.05) is 0 Å². The highest BCUT2D eigenvalue weighted by Gasteiger charge is 1.92. The molecule has 0 fully saturated rings. The summed E-state index contributed by atoms with van der Waals surface area (Å²) in [5.41, 5.74) is 4.14. The maximum absolute atomic E-state index is 9.73. The van der Waals surface area contributed by atoms with E-state index in [0.29, 0.717) is 0 Å². The van der Waals surface area contributed by atoms with Gasteiger partial charge in [0.2, 0.25) is 0 Å². The van der Waals surface area contributed by atoms with Crippen LogP contribution in [0.25, 0.3) is 0 Å². The Balaban J connectivity index is 2.05. The highest BCUT2D eigenvalue weighted by molar-refractivity contribution is 5.41. The Kier molecular flexibility index (Phi) is 4.61. The van der Waals surface area contributed by atoms with Crippen LogP contribution in [-0.2, 0) is 0 Å². The lowest BCUT2D eigenvalue weighted by atomic mass is 10.1. The van der Waals surface area contributed by atoms with Crippen LogP contribution in [0.15, 0.2) is 48.5 Å². The third-order valence-electron chi connectivity index (χ3n) is 2.81. The molecule has 0 aromatic heterocycles. The standard InChI is InChI=1S/C19H16O/c1-15-3-7-17(8-4-15)11-13-19(20)14-12-18-9-5-16(2)6-10-18/h3-10,19-20H,1-2H3. The number of hydrogen-bond acceptors (Lipinski definition) is 1. The van der Waals surface area contributed by atoms with Gasteiger partial charge in [0.15, 0.2) is 6.10 Å². The summed E-state index contributed by atoms with van der Waals surface area (Å²) in [5.74, 6) is 11.3. The smallest absolute Gasteiger partial charge is 0.177 e. The van der Waals surface area contributed by atoms with Crippen LogP contribution in [0.3, 0.4) is 0 Å². The van der Waals surface area contributed by atoms with Crippen molar-refractivity contribution in [3.63, 3.8) is 0 Å². The quantitative estimate of drug-likeness (QED) is 0.722. The summed E-state index contributed by atoms with van der Waals surface area (Å²) in [4.78, 5) is 0. The molecule has 1 nitrogen and oxygen atoms in total. The van der Waals surface area contributed by atoms with Gasteiger partial charge in [-0.25, -0.2) is 0 Å². The van der Waals surface area contributed by atoms with Crippen LogP contribution in [0.5, 0.6) is 0 Å². The molecule has 0 saturated carbocycles. The molecule has 2 aromatic carbocycles. The minimum Gasteiger partial charge on any atom is -0.369 e. The van der Waals surface area contributed by atoms with Gasteiger partial charge in [0.25, 0.3) is 0 Å². The Morgan fingerprint density at radius 2 is 1.05 bits per heavy atom. The molecule has 2 rings (SSSR count). The molecule has 0 aliphatic heterocycles. The number of aliphatic hydroxyl groups excluding tert-OH is 1. The summed E-state index contributed by atoms with van der Waals surface area (Å²) in [7, 11) is 0. The summed E-state index contributed by atoms with van der Waals surface area (Å²) in [6.07, 6.45) is -0.933. The predicted molar refractivity (Wildman–Crippen MR) is 82.1 cm³/mol. The Hall–Kier alpha value is -2.48. The van der Waals surface area contributed by atoms with Gasteiger partial charge in [-0.15, -0.1) is 0 Å². The van der Waals surface area contributed by atoms with E-state index in [1.807, 2.05) is 62.4 Å². The molecule has 0 bridgehead atoms. The Morgan fingerprint density at radius 3 is 1.40 bits per heavy atom. The summed E-state index contributed by atoms with van der Waals surface area (Å²) in [5, 5.41) is 9.73. The predicted octanol–water partition coefficient (Wildman–Crippen LogP) is 3.07. The zero-order valence-electron chi connectivity index (χ0n) is 11.6. The minimum absolute atomic E-state index is 0.881. The molecule has 0 radical (unpaired) electrons. The molecule has 0 spiro atoms. The molecule has 1 heteroatoms. The lowest BCUT2D eigenvalue weighted by Gasteiger charge is -1.94. The lowest BCUT2D eigenvalue weighted by Crippen LogP contribution is -1.97. The van der Waals surface area contributed by atoms with Crippen LogP contribution in [0, 0.1) is 37.5 Å². The first-order valence-electron chi connectivity index (χ1n) is 6.48. The van der Waals surface area contributed by atoms with E-state index in [1.165, 1.54) is 11.1 Å². The van der Waals surface area contributed by atoms with Crippen LogP contribution in [0.4, 0.5) is 0 Å². The van der Waals surface area contributed by atoms with E-state index >= 15 is 0 Å². The van der Waals surface area contributed by atoms with Gasteiger partial charge < -0.3 is 5.11 Å². The van der Waals surface area contributed by atoms with E-state index in [4.69, 9.17) is 0 Å². The monoisotopic (exact) mass is 260 g/mol. The van der Waals surface area contributed by atoms with Crippen LogP contribution >= 0.6 is 0 Å². The van der Waals surface area contributed by atoms with Crippen molar-refractivity contribution in [3.05, 3.63) is 70.8 Å². The van der Waals surface area contributed by atoms with Gasteiger partial charge in [-0.2, -0.15) is 0 Å². The number of hydrogen-bond donors (Lipinski definition) is 1. The molecular formula is C19H16O. The molecule has 0 saturated heterocycles. The van der Waals surface area contributed by atoms with Gasteiger partial charge in [-0.05, 0) is 38.1 Å². The average molecular weight is 260 g/mol. The molecular weight excluding hydrogens is 244 g/mol. The van der Waals surface area contributed by atoms with Crippen molar-refractivity contribution in [1.29, 1.82) is 0 Å². The molecule has 0 unspecified atom stereocenters. The van der Waals surface area contributed by atoms with E-state index in [9.17, 15) is 5.11 Å². The molecule has 1 N–H and O–H groups in total. The topological polar surface area (TPSA) is 20.2 Å². The fraction of sp³-hybridized carbons (Fsp3) is 0.158. The molecule has 0 aliphatic rings. The minimum atomic E-state index is -0.933. The molecule has 98 valence electrons. The van der Waals surface area contributed by atoms with Crippen molar-refractivity contribution in [3.8, 4) is 23.7 Å². The van der Waals surface area contributed by atoms with Crippen molar-refractivity contribution in [1.82, 2.24) is 0 Å². The summed E-state index contributed by atoms with van der Waals surface area (Å²) in [6.45, 7) is 4.05. The van der Waals surface area contributed by atoms with Crippen LogP contribution in [0.2, 0.25) is 0 Å². The first-order chi connectivity index (χ1) is 9.63. The molecule has 20 heavy (non-hydrogen) atoms. The summed E-state index contributed by atoms with van der Waals surface area (Å²) in [6, 6.07) is 15.7. The fourth-order valence-electron chi connectivity index (χ4n) is 1.61. The third kappa shape index (κ3) is 4.32. The second-order valence-corrected chi connectivity index (χ2v) is 4.67. The van der Waals surface area contributed by atoms with Gasteiger partial charge in [0, 0.05) is 11.1 Å². The maximum atomic E-state index is 9.73. The Morgan fingerprint density at radius 1 is 0.700 bits per heavy atom. The van der Waals surface area contributed by atoms with Gasteiger partial charge >= 0.3 is 0 Å². The lowest BCUT2D eigenvalue weighted by molar-refractivity contribution is 0.289. The molecule has 2 aromatic rings. The number of aryl methyl sites for hydroxylation is 2. The van der Waals surface area contributed by atoms with E-state index in [0.717, 1.165) is 11.1 Å². The van der Waals surface area contributed by atoms with Crippen LogP contribution < -0.4 is 0 Å². The molecule has 0 amide bonds. The van der Waals surface area contributed by atoms with E-state index in [2.05, 4.69) is 23.7 Å². The van der Waals surface area contributed by atoms with Crippen molar-refractivity contribution < 1.29 is 5.11 Å². The highest BCUT2D eigenvalue weighted by Crippen LogP contribution is 2.02. The van der Waals surface area contributed by atoms with Crippen LogP contribution in [-0.4, -0.2) is 11.2 Å². The molecule has 0 aliphatic carbocycles. The summed E-state index contributed by atoms with van der Waals surface area (Å²) < 4.78 is 0. The Labute approximate surface area is 120 Å². The van der Waals surface area contributed by atoms with Crippen molar-refractivity contribution in [2.24, 2.45) is 0 Å². The summed E-state index contributed by atoms with van der Waals surface area (Å²) >= 11 is 0. The van der Waals surface area contributed by atoms with Crippen molar-refractivity contribution in [2.45, 2.75) is 20.0 Å². The van der Waals surface area contributed by atoms with Gasteiger partial charge in [-0.3, -0.25) is 0 Å². The first kappa shape index (κ1) is 13.9. The molecule has 0 atom stereocenters. The van der Waals surface area contributed by atoms with Crippen LogP contribution in [0.1, 0.15) is 22.3 Å². The normalized spacial score (nSPS) is 9.40. The molecule has 0 heterocycles. The largest absolute Gasteiger partial charge is 0.369 e. The number of benzene rings is 2. The SMILES string of the molecule is Cc1ccc(C#CC(O)C#Cc2ccc(C)cc2)cc1. The van der Waals surface area contributed by atoms with Gasteiger partial charge in [0.05, 0.1) is 0 Å². The number of aliphatic hydroxyl groups is 1. The average Bonchev–Trinajstić information content (AvgIpc) is 2.46. The highest BCUT2D eigenvalue weighted by atomic mass is 16.3.